The van der Waals surface area contributed by atoms with Crippen LogP contribution in [0, 0.1) is 0 Å². The van der Waals surface area contributed by atoms with Gasteiger partial charge in [0.25, 0.3) is 5.91 Å². The number of nitrogens with zero attached hydrogens (tertiary/aromatic N) is 1. The van der Waals surface area contributed by atoms with Gasteiger partial charge in [-0.25, -0.2) is 9.59 Å². The van der Waals surface area contributed by atoms with E-state index in [0.29, 0.717) is 18.7 Å². The Bertz CT molecular complexity index is 367. The Morgan fingerprint density at radius 1 is 1.39 bits per heavy atom. The fourth-order valence-corrected chi connectivity index (χ4v) is 1.79. The zero-order valence-electron chi connectivity index (χ0n) is 10.2. The van der Waals surface area contributed by atoms with E-state index < -0.39 is 17.9 Å². The van der Waals surface area contributed by atoms with Crippen LogP contribution in [-0.4, -0.2) is 54.1 Å². The van der Waals surface area contributed by atoms with Gasteiger partial charge in [0.2, 0.25) is 0 Å². The number of imide groups is 1. The number of hydrogen-bond donors (Lipinski definition) is 3. The molecule has 0 aromatic rings. The Hall–Kier alpha value is -1.89. The molecule has 0 radical (unpaired) electrons. The molecule has 0 saturated carbocycles. The van der Waals surface area contributed by atoms with Gasteiger partial charge in [-0.3, -0.25) is 10.1 Å². The molecule has 1 atom stereocenters. The molecule has 3 amide bonds. The van der Waals surface area contributed by atoms with Crippen LogP contribution in [0.4, 0.5) is 4.79 Å². The van der Waals surface area contributed by atoms with Gasteiger partial charge in [-0.1, -0.05) is 0 Å². The first-order valence-corrected chi connectivity index (χ1v) is 5.69. The standard InChI is InChI=1S/C11H17N3O4/c1-14-6-2-3-8(14)7-12-11(18)13-9(15)4-5-10(16)17/h4-5,8H,2-3,6-7H2,1H3,(H,16,17)(H2,12,13,15,18)/b5-4+. The summed E-state index contributed by atoms with van der Waals surface area (Å²) in [6, 6.07) is -0.323. The quantitative estimate of drug-likeness (QED) is 0.591. The summed E-state index contributed by atoms with van der Waals surface area (Å²) in [6.45, 7) is 1.48. The van der Waals surface area contributed by atoms with Crippen LogP contribution >= 0.6 is 0 Å². The topological polar surface area (TPSA) is 98.7 Å². The molecular formula is C11H17N3O4. The zero-order chi connectivity index (χ0) is 13.5. The van der Waals surface area contributed by atoms with Gasteiger partial charge in [0.1, 0.15) is 0 Å². The third-order valence-corrected chi connectivity index (χ3v) is 2.78. The minimum absolute atomic E-state index is 0.292. The van der Waals surface area contributed by atoms with Crippen molar-refractivity contribution in [3.63, 3.8) is 0 Å². The summed E-state index contributed by atoms with van der Waals surface area (Å²) >= 11 is 0. The largest absolute Gasteiger partial charge is 0.478 e. The Morgan fingerprint density at radius 2 is 2.11 bits per heavy atom. The van der Waals surface area contributed by atoms with Crippen LogP contribution in [0.25, 0.3) is 0 Å². The number of aliphatic carboxylic acids is 1. The number of rotatable bonds is 4. The summed E-state index contributed by atoms with van der Waals surface area (Å²) in [5.74, 6) is -1.99. The number of nitrogens with one attached hydrogen (secondary N) is 2. The first-order valence-electron chi connectivity index (χ1n) is 5.69. The summed E-state index contributed by atoms with van der Waals surface area (Å²) in [5.41, 5.74) is 0. The van der Waals surface area contributed by atoms with Gasteiger partial charge >= 0.3 is 12.0 Å². The van der Waals surface area contributed by atoms with Crippen molar-refractivity contribution in [3.05, 3.63) is 12.2 Å². The summed E-state index contributed by atoms with van der Waals surface area (Å²) in [5, 5.41) is 12.9. The highest BCUT2D eigenvalue weighted by Gasteiger charge is 2.21. The van der Waals surface area contributed by atoms with Crippen LogP contribution in [0.1, 0.15) is 12.8 Å². The van der Waals surface area contributed by atoms with Crippen molar-refractivity contribution >= 4 is 17.9 Å². The van der Waals surface area contributed by atoms with Crippen LogP contribution < -0.4 is 10.6 Å². The summed E-state index contributed by atoms with van der Waals surface area (Å²) < 4.78 is 0. The average molecular weight is 255 g/mol. The molecule has 0 aromatic carbocycles. The first-order chi connectivity index (χ1) is 8.49. The van der Waals surface area contributed by atoms with Crippen molar-refractivity contribution in [2.24, 2.45) is 0 Å². The number of carboxylic acid groups (broad SMARTS) is 1. The minimum Gasteiger partial charge on any atom is -0.478 e. The van der Waals surface area contributed by atoms with E-state index in [4.69, 9.17) is 5.11 Å². The zero-order valence-corrected chi connectivity index (χ0v) is 10.2. The predicted octanol–water partition coefficient (Wildman–Crippen LogP) is -0.453. The van der Waals surface area contributed by atoms with E-state index in [2.05, 4.69) is 10.2 Å². The number of likely N-dealkylation sites (tertiary alicyclic amines) is 1. The molecule has 1 rings (SSSR count). The van der Waals surface area contributed by atoms with Crippen molar-refractivity contribution < 1.29 is 19.5 Å². The van der Waals surface area contributed by atoms with Gasteiger partial charge in [-0.2, -0.15) is 0 Å². The molecule has 1 heterocycles. The first kappa shape index (κ1) is 14.2. The summed E-state index contributed by atoms with van der Waals surface area (Å²) in [7, 11) is 1.98. The smallest absolute Gasteiger partial charge is 0.328 e. The molecule has 0 bridgehead atoms. The second-order valence-electron chi connectivity index (χ2n) is 4.15. The third-order valence-electron chi connectivity index (χ3n) is 2.78. The number of urea groups is 1. The lowest BCUT2D eigenvalue weighted by atomic mass is 10.2. The molecule has 1 aliphatic rings. The molecule has 0 spiro atoms. The fraction of sp³-hybridized carbons (Fsp3) is 0.545. The highest BCUT2D eigenvalue weighted by atomic mass is 16.4. The second kappa shape index (κ2) is 6.75. The van der Waals surface area contributed by atoms with Gasteiger partial charge < -0.3 is 15.3 Å². The number of hydrogen-bond acceptors (Lipinski definition) is 4. The molecule has 7 heteroatoms. The molecular weight excluding hydrogens is 238 g/mol. The number of likely N-dealkylation sites (N-methyl/N-ethyl adjacent to an activating group) is 1. The van der Waals surface area contributed by atoms with Gasteiger partial charge in [0, 0.05) is 24.7 Å². The predicted molar refractivity (Wildman–Crippen MR) is 64.0 cm³/mol. The highest BCUT2D eigenvalue weighted by molar-refractivity contribution is 6.02. The van der Waals surface area contributed by atoms with Gasteiger partial charge in [0.15, 0.2) is 0 Å². The molecule has 1 unspecified atom stereocenters. The van der Waals surface area contributed by atoms with Crippen molar-refractivity contribution in [3.8, 4) is 0 Å². The number of amides is 3. The van der Waals surface area contributed by atoms with Crippen LogP contribution in [0.15, 0.2) is 12.2 Å². The summed E-state index contributed by atoms with van der Waals surface area (Å²) in [4.78, 5) is 34.7. The van der Waals surface area contributed by atoms with Crippen LogP contribution in [-0.2, 0) is 9.59 Å². The van der Waals surface area contributed by atoms with Crippen LogP contribution in [0.2, 0.25) is 0 Å². The van der Waals surface area contributed by atoms with Crippen molar-refractivity contribution in [1.29, 1.82) is 0 Å². The SMILES string of the molecule is CN1CCCC1CNC(=O)NC(=O)/C=C/C(=O)O. The van der Waals surface area contributed by atoms with Crippen molar-refractivity contribution in [1.82, 2.24) is 15.5 Å². The van der Waals surface area contributed by atoms with Gasteiger partial charge in [0.05, 0.1) is 0 Å². The molecule has 0 aliphatic carbocycles. The monoisotopic (exact) mass is 255 g/mol. The van der Waals surface area contributed by atoms with E-state index in [0.717, 1.165) is 25.5 Å². The van der Waals surface area contributed by atoms with Crippen molar-refractivity contribution in [2.45, 2.75) is 18.9 Å². The van der Waals surface area contributed by atoms with Crippen molar-refractivity contribution in [2.75, 3.05) is 20.1 Å². The number of carbonyl (C=O) groups excluding carboxylic acids is 2. The van der Waals surface area contributed by atoms with E-state index in [1.165, 1.54) is 0 Å². The van der Waals surface area contributed by atoms with Gasteiger partial charge in [-0.15, -0.1) is 0 Å². The lowest BCUT2D eigenvalue weighted by Crippen LogP contribution is -2.44. The number of carbonyl (C=O) groups is 3. The molecule has 1 fully saturated rings. The maximum Gasteiger partial charge on any atom is 0.328 e. The van der Waals surface area contributed by atoms with E-state index in [1.807, 2.05) is 12.4 Å². The molecule has 100 valence electrons. The molecule has 0 aromatic heterocycles. The molecule has 3 N–H and O–H groups in total. The maximum absolute atomic E-state index is 11.3. The fourth-order valence-electron chi connectivity index (χ4n) is 1.79. The second-order valence-corrected chi connectivity index (χ2v) is 4.15. The Morgan fingerprint density at radius 3 is 2.67 bits per heavy atom. The van der Waals surface area contributed by atoms with Crippen LogP contribution in [0.3, 0.4) is 0 Å². The van der Waals surface area contributed by atoms with E-state index in [9.17, 15) is 14.4 Å². The Balaban J connectivity index is 2.25. The summed E-state index contributed by atoms with van der Waals surface area (Å²) in [6.07, 6.45) is 3.59. The lowest BCUT2D eigenvalue weighted by molar-refractivity contribution is -0.131. The average Bonchev–Trinajstić information content (AvgIpc) is 2.69. The Labute approximate surface area is 105 Å². The minimum atomic E-state index is -1.24. The van der Waals surface area contributed by atoms with Crippen LogP contribution in [0.5, 0.6) is 0 Å². The van der Waals surface area contributed by atoms with E-state index in [-0.39, 0.29) is 0 Å². The van der Waals surface area contributed by atoms with E-state index in [1.54, 1.807) is 0 Å². The maximum atomic E-state index is 11.3. The molecule has 1 aliphatic heterocycles. The number of carboxylic acids is 1. The normalized spacial score (nSPS) is 19.9. The highest BCUT2D eigenvalue weighted by Crippen LogP contribution is 2.13. The third kappa shape index (κ3) is 4.96. The van der Waals surface area contributed by atoms with E-state index >= 15 is 0 Å². The lowest BCUT2D eigenvalue weighted by Gasteiger charge is -2.19. The molecule has 18 heavy (non-hydrogen) atoms. The Kier molecular flexibility index (Phi) is 5.31. The molecule has 1 saturated heterocycles. The van der Waals surface area contributed by atoms with Gasteiger partial charge in [-0.05, 0) is 26.4 Å². The molecule has 7 nitrogen and oxygen atoms in total.